The Labute approximate surface area is 443 Å². The van der Waals surface area contributed by atoms with E-state index in [2.05, 4.69) is 109 Å². The summed E-state index contributed by atoms with van der Waals surface area (Å²) in [7, 11) is 0. The first kappa shape index (κ1) is 49.9. The number of carboxylic acid groups (broad SMARTS) is 1. The van der Waals surface area contributed by atoms with E-state index < -0.39 is 5.97 Å². The number of rotatable bonds is 20. The molecule has 3 aromatic carbocycles. The number of aliphatic carboxylic acids is 1. The van der Waals surface area contributed by atoms with E-state index in [0.29, 0.717) is 29.6 Å². The maximum atomic E-state index is 11.8. The van der Waals surface area contributed by atoms with Gasteiger partial charge < -0.3 is 23.9 Å². The van der Waals surface area contributed by atoms with Crippen LogP contribution in [-0.2, 0) is 33.9 Å². The fraction of sp³-hybridized carbons (Fsp3) is 0.460. The number of ether oxygens (including phenoxy) is 2. The summed E-state index contributed by atoms with van der Waals surface area (Å²) in [6, 6.07) is 21.6. The van der Waals surface area contributed by atoms with E-state index in [9.17, 15) is 15.2 Å². The van der Waals surface area contributed by atoms with E-state index in [1.165, 1.54) is 179 Å². The highest BCUT2D eigenvalue weighted by Gasteiger charge is 2.52. The number of anilines is 3. The summed E-state index contributed by atoms with van der Waals surface area (Å²) in [6.07, 6.45) is 21.9. The topological polar surface area (TPSA) is 95.9 Å². The number of thiophene rings is 3. The first-order valence-electron chi connectivity index (χ1n) is 27.3. The number of fused-ring (bicyclic) bond motifs is 4. The molecule has 0 saturated carbocycles. The largest absolute Gasteiger partial charge is 0.485 e. The van der Waals surface area contributed by atoms with Crippen LogP contribution in [0, 0.1) is 11.3 Å². The molecule has 0 aliphatic carbocycles. The Bertz CT molecular complexity index is 3270. The van der Waals surface area contributed by atoms with Gasteiger partial charge in [-0.1, -0.05) is 157 Å². The van der Waals surface area contributed by atoms with Crippen LogP contribution in [-0.4, -0.2) is 24.3 Å². The summed E-state index contributed by atoms with van der Waals surface area (Å²) in [5.41, 5.74) is 17.6. The summed E-state index contributed by atoms with van der Waals surface area (Å²) in [4.78, 5) is 18.1. The van der Waals surface area contributed by atoms with Gasteiger partial charge in [0, 0.05) is 33.3 Å². The summed E-state index contributed by atoms with van der Waals surface area (Å²) in [6.45, 7) is 20.3. The van der Waals surface area contributed by atoms with Crippen LogP contribution in [0.2, 0.25) is 0 Å². The molecular formula is C63H70N2O5S3. The summed E-state index contributed by atoms with van der Waals surface area (Å²) in [5.74, 6) is -0.210. The first-order valence-corrected chi connectivity index (χ1v) is 29.7. The Morgan fingerprint density at radius 1 is 0.603 bits per heavy atom. The standard InChI is InChI=1S/C63H70N2O5S3/c1-9-11-13-15-17-19-21-23-37-27-41-52-43(29-37)62(5,6)45-31-39(32-46-54(45)65(52)53-42(61(41,3)4)28-38(30-44(53)63(46,7)8)24-22-20-18-16-14-12-10-2)49-34-47-57(71-49)58-48(70-47)35-51(73-58)59-56-55(68-25-26-69-56)50(72-59)33-40(36-64)60(66)67/h27-35H,9-26H2,1-8H3,(H,66,67)/b40-33+. The Morgan fingerprint density at radius 3 is 1.49 bits per heavy atom. The quantitative estimate of drug-likeness (QED) is 0.0461. The van der Waals surface area contributed by atoms with Crippen molar-refractivity contribution in [3.63, 3.8) is 0 Å². The Balaban J connectivity index is 1.02. The zero-order chi connectivity index (χ0) is 51.0. The van der Waals surface area contributed by atoms with Crippen LogP contribution < -0.4 is 14.4 Å². The number of nitrogens with zero attached hydrogens (tertiary/aromatic N) is 2. The van der Waals surface area contributed by atoms with Crippen LogP contribution in [0.15, 0.2) is 58.5 Å². The summed E-state index contributed by atoms with van der Waals surface area (Å²) >= 11 is 4.82. The lowest BCUT2D eigenvalue weighted by atomic mass is 9.60. The molecule has 0 unspecified atom stereocenters. The molecule has 0 radical (unpaired) electrons. The minimum atomic E-state index is -1.28. The lowest BCUT2D eigenvalue weighted by Gasteiger charge is -2.55. The Hall–Kier alpha value is -5.34. The second-order valence-electron chi connectivity index (χ2n) is 22.8. The molecule has 10 heteroatoms. The minimum Gasteiger partial charge on any atom is -0.485 e. The Morgan fingerprint density at radius 2 is 1.03 bits per heavy atom. The van der Waals surface area contributed by atoms with Crippen molar-refractivity contribution in [1.82, 2.24) is 0 Å². The molecule has 380 valence electrons. The highest BCUT2D eigenvalue weighted by atomic mass is 32.1. The van der Waals surface area contributed by atoms with Gasteiger partial charge in [0.2, 0.25) is 0 Å². The van der Waals surface area contributed by atoms with Gasteiger partial charge in [-0.3, -0.25) is 0 Å². The van der Waals surface area contributed by atoms with Crippen molar-refractivity contribution in [2.75, 3.05) is 18.1 Å². The number of benzene rings is 3. The third kappa shape index (κ3) is 8.45. The fourth-order valence-corrected chi connectivity index (χ4v) is 16.0. The van der Waals surface area contributed by atoms with Crippen molar-refractivity contribution < 1.29 is 23.8 Å². The lowest BCUT2D eigenvalue weighted by Crippen LogP contribution is -2.44. The molecule has 1 N–H and O–H groups in total. The molecule has 11 rings (SSSR count). The molecular weight excluding hydrogens is 961 g/mol. The van der Waals surface area contributed by atoms with Gasteiger partial charge >= 0.3 is 5.97 Å². The number of carbonyl (C=O) groups is 1. The van der Waals surface area contributed by atoms with Crippen LogP contribution in [0.1, 0.15) is 195 Å². The highest BCUT2D eigenvalue weighted by molar-refractivity contribution is 7.31. The molecule has 0 bridgehead atoms. The third-order valence-corrected chi connectivity index (χ3v) is 20.4. The van der Waals surface area contributed by atoms with Crippen molar-refractivity contribution >= 4 is 83.7 Å². The van der Waals surface area contributed by atoms with Crippen molar-refractivity contribution in [2.24, 2.45) is 0 Å². The van der Waals surface area contributed by atoms with Crippen LogP contribution in [0.5, 0.6) is 11.5 Å². The molecule has 0 saturated heterocycles. The number of carboxylic acids is 1. The number of unbranched alkanes of at least 4 members (excludes halogenated alkanes) is 12. The molecule has 4 aliphatic rings. The molecule has 0 amide bonds. The van der Waals surface area contributed by atoms with Gasteiger partial charge in [-0.15, -0.1) is 34.0 Å². The SMILES string of the molecule is CCCCCCCCCc1cc2c3c(c1)C(C)(C)c1cc(-c4cc5oc6cc(-c7sc(/C=C(\C#N)C(=O)O)c8c7OCCO8)sc6c5s4)cc4c1N3c1c(cc(CCCCCCCCC)cc1C4(C)C)C2(C)C. The van der Waals surface area contributed by atoms with Gasteiger partial charge in [0.1, 0.15) is 36.0 Å². The molecule has 4 aromatic heterocycles. The number of furan rings is 1. The molecule has 7 nitrogen and oxygen atoms in total. The van der Waals surface area contributed by atoms with Crippen LogP contribution in [0.3, 0.4) is 0 Å². The fourth-order valence-electron chi connectivity index (χ4n) is 12.5. The van der Waals surface area contributed by atoms with E-state index in [4.69, 9.17) is 13.9 Å². The van der Waals surface area contributed by atoms with Gasteiger partial charge in [0.05, 0.1) is 41.1 Å². The molecule has 0 spiro atoms. The zero-order valence-corrected chi connectivity index (χ0v) is 46.6. The molecule has 0 atom stereocenters. The lowest BCUT2D eigenvalue weighted by molar-refractivity contribution is -0.132. The van der Waals surface area contributed by atoms with Crippen LogP contribution in [0.25, 0.3) is 46.8 Å². The van der Waals surface area contributed by atoms with Gasteiger partial charge in [0.15, 0.2) is 11.5 Å². The predicted octanol–water partition coefficient (Wildman–Crippen LogP) is 18.8. The summed E-state index contributed by atoms with van der Waals surface area (Å²) < 4.78 is 21.0. The number of hydrogen-bond acceptors (Lipinski definition) is 9. The molecule has 7 aromatic rings. The van der Waals surface area contributed by atoms with Crippen molar-refractivity contribution in [2.45, 2.75) is 174 Å². The smallest absolute Gasteiger partial charge is 0.346 e. The maximum Gasteiger partial charge on any atom is 0.346 e. The average Bonchev–Trinajstić information content (AvgIpc) is 4.15. The van der Waals surface area contributed by atoms with Crippen LogP contribution >= 0.6 is 34.0 Å². The van der Waals surface area contributed by atoms with Gasteiger partial charge in [-0.25, -0.2) is 4.79 Å². The van der Waals surface area contributed by atoms with E-state index >= 15 is 0 Å². The van der Waals surface area contributed by atoms with Gasteiger partial charge in [-0.2, -0.15) is 5.26 Å². The van der Waals surface area contributed by atoms with Gasteiger partial charge in [0.25, 0.3) is 0 Å². The molecule has 73 heavy (non-hydrogen) atoms. The van der Waals surface area contributed by atoms with Crippen LogP contribution in [0.4, 0.5) is 17.1 Å². The first-order chi connectivity index (χ1) is 35.2. The Kier molecular flexibility index (Phi) is 13.3. The van der Waals surface area contributed by atoms with Crippen molar-refractivity contribution in [1.29, 1.82) is 5.26 Å². The van der Waals surface area contributed by atoms with Gasteiger partial charge in [-0.05, 0) is 94.0 Å². The third-order valence-electron chi connectivity index (χ3n) is 16.7. The van der Waals surface area contributed by atoms with E-state index in [-0.39, 0.29) is 21.8 Å². The number of nitriles is 1. The van der Waals surface area contributed by atoms with E-state index in [1.807, 2.05) is 0 Å². The normalized spacial score (nSPS) is 16.3. The average molecular weight is 1030 g/mol. The van der Waals surface area contributed by atoms with Crippen molar-refractivity contribution in [3.05, 3.63) is 103 Å². The van der Waals surface area contributed by atoms with E-state index in [0.717, 1.165) is 43.2 Å². The molecule has 8 heterocycles. The zero-order valence-electron chi connectivity index (χ0n) is 44.1. The summed E-state index contributed by atoms with van der Waals surface area (Å²) in [5, 5.41) is 19.2. The number of hydrogen-bond donors (Lipinski definition) is 1. The second kappa shape index (κ2) is 19.4. The molecule has 0 fully saturated rings. The second-order valence-corrected chi connectivity index (χ2v) is 25.9. The monoisotopic (exact) mass is 1030 g/mol. The highest BCUT2D eigenvalue weighted by Crippen LogP contribution is 2.67. The number of aryl methyl sites for hydroxylation is 2. The minimum absolute atomic E-state index is 0.166. The van der Waals surface area contributed by atoms with E-state index in [1.54, 1.807) is 28.7 Å². The van der Waals surface area contributed by atoms with Crippen molar-refractivity contribution in [3.8, 4) is 37.8 Å². The predicted molar refractivity (Wildman–Crippen MR) is 305 cm³/mol. The molecule has 4 aliphatic heterocycles. The maximum absolute atomic E-state index is 11.8.